The Kier molecular flexibility index (Phi) is 2.90. The van der Waals surface area contributed by atoms with Gasteiger partial charge < -0.3 is 0 Å². The Morgan fingerprint density at radius 2 is 2.15 bits per heavy atom. The SMILES string of the molecule is Cc1nn2c(=O)/c(=C/c3cccc(F)c3)sc2nc1=O. The summed E-state index contributed by atoms with van der Waals surface area (Å²) in [5, 5.41) is 3.90. The Morgan fingerprint density at radius 1 is 1.35 bits per heavy atom. The van der Waals surface area contributed by atoms with Crippen LogP contribution in [0.25, 0.3) is 11.0 Å². The van der Waals surface area contributed by atoms with E-state index in [0.29, 0.717) is 10.1 Å². The summed E-state index contributed by atoms with van der Waals surface area (Å²) in [5.74, 6) is -0.381. The van der Waals surface area contributed by atoms with Gasteiger partial charge in [-0.05, 0) is 30.7 Å². The number of aryl methyl sites for hydroxylation is 1. The third-order valence-electron chi connectivity index (χ3n) is 2.69. The van der Waals surface area contributed by atoms with Crippen LogP contribution in [0.2, 0.25) is 0 Å². The largest absolute Gasteiger partial charge is 0.295 e. The first-order valence-electron chi connectivity index (χ1n) is 5.72. The molecule has 0 unspecified atom stereocenters. The van der Waals surface area contributed by atoms with Crippen LogP contribution >= 0.6 is 11.3 Å². The van der Waals surface area contributed by atoms with E-state index in [0.717, 1.165) is 15.9 Å². The Hall–Kier alpha value is -2.41. The number of fused-ring (bicyclic) bond motifs is 1. The first-order chi connectivity index (χ1) is 9.54. The molecule has 3 aromatic rings. The maximum absolute atomic E-state index is 13.1. The molecule has 0 aliphatic rings. The summed E-state index contributed by atoms with van der Waals surface area (Å²) in [6.45, 7) is 1.49. The lowest BCUT2D eigenvalue weighted by molar-refractivity contribution is 0.627. The van der Waals surface area contributed by atoms with Crippen LogP contribution in [0.4, 0.5) is 4.39 Å². The second kappa shape index (κ2) is 4.61. The zero-order chi connectivity index (χ0) is 14.3. The number of nitrogens with zero attached hydrogens (tertiary/aromatic N) is 3. The molecule has 100 valence electrons. The van der Waals surface area contributed by atoms with Crippen molar-refractivity contribution in [3.8, 4) is 0 Å². The second-order valence-electron chi connectivity index (χ2n) is 4.17. The summed E-state index contributed by atoms with van der Waals surface area (Å²) in [6, 6.07) is 5.89. The lowest BCUT2D eigenvalue weighted by Crippen LogP contribution is -2.27. The summed E-state index contributed by atoms with van der Waals surface area (Å²) in [6.07, 6.45) is 1.55. The van der Waals surface area contributed by atoms with Gasteiger partial charge in [-0.1, -0.05) is 23.5 Å². The topological polar surface area (TPSA) is 64.3 Å². The molecule has 0 saturated carbocycles. The van der Waals surface area contributed by atoms with E-state index in [4.69, 9.17) is 0 Å². The van der Waals surface area contributed by atoms with Crippen molar-refractivity contribution in [1.29, 1.82) is 0 Å². The quantitative estimate of drug-likeness (QED) is 0.654. The molecule has 0 spiro atoms. The molecule has 0 saturated heterocycles. The number of hydrogen-bond acceptors (Lipinski definition) is 5. The van der Waals surface area contributed by atoms with Gasteiger partial charge in [0.05, 0.1) is 4.53 Å². The van der Waals surface area contributed by atoms with E-state index >= 15 is 0 Å². The number of benzene rings is 1. The van der Waals surface area contributed by atoms with Crippen molar-refractivity contribution in [1.82, 2.24) is 14.6 Å². The van der Waals surface area contributed by atoms with Gasteiger partial charge >= 0.3 is 0 Å². The first kappa shape index (κ1) is 12.6. The van der Waals surface area contributed by atoms with Crippen molar-refractivity contribution in [3.63, 3.8) is 0 Å². The van der Waals surface area contributed by atoms with Crippen LogP contribution in [-0.4, -0.2) is 14.6 Å². The number of thiazole rings is 1. The fourth-order valence-corrected chi connectivity index (χ4v) is 2.64. The summed E-state index contributed by atoms with van der Waals surface area (Å²) in [4.78, 5) is 27.6. The van der Waals surface area contributed by atoms with Gasteiger partial charge in [0.1, 0.15) is 11.5 Å². The van der Waals surface area contributed by atoms with Crippen LogP contribution < -0.4 is 15.7 Å². The molecule has 0 fully saturated rings. The molecule has 3 rings (SSSR count). The smallest absolute Gasteiger partial charge is 0.266 e. The summed E-state index contributed by atoms with van der Waals surface area (Å²) in [7, 11) is 0. The van der Waals surface area contributed by atoms with E-state index in [-0.39, 0.29) is 22.0 Å². The highest BCUT2D eigenvalue weighted by molar-refractivity contribution is 7.15. The van der Waals surface area contributed by atoms with E-state index < -0.39 is 5.56 Å². The summed E-state index contributed by atoms with van der Waals surface area (Å²) >= 11 is 1.05. The molecule has 2 heterocycles. The minimum atomic E-state index is -0.455. The number of aromatic nitrogens is 3. The third-order valence-corrected chi connectivity index (χ3v) is 3.65. The van der Waals surface area contributed by atoms with Crippen molar-refractivity contribution in [3.05, 3.63) is 66.6 Å². The molecule has 0 aliphatic heterocycles. The predicted octanol–water partition coefficient (Wildman–Crippen LogP) is 0.506. The zero-order valence-electron chi connectivity index (χ0n) is 10.3. The van der Waals surface area contributed by atoms with Gasteiger partial charge in [0.25, 0.3) is 11.1 Å². The molecular formula is C13H8FN3O2S. The molecular weight excluding hydrogens is 281 g/mol. The van der Waals surface area contributed by atoms with Crippen LogP contribution in [0.5, 0.6) is 0 Å². The van der Waals surface area contributed by atoms with Gasteiger partial charge in [0.15, 0.2) is 0 Å². The maximum atomic E-state index is 13.1. The average Bonchev–Trinajstić information content (AvgIpc) is 2.68. The molecule has 7 heteroatoms. The molecule has 0 aliphatic carbocycles. The normalized spacial score (nSPS) is 12.2. The highest BCUT2D eigenvalue weighted by Gasteiger charge is 2.08. The Balaban J connectivity index is 2.30. The van der Waals surface area contributed by atoms with Gasteiger partial charge in [-0.15, -0.1) is 0 Å². The van der Waals surface area contributed by atoms with Crippen LogP contribution in [0.3, 0.4) is 0 Å². The van der Waals surface area contributed by atoms with E-state index in [2.05, 4.69) is 10.1 Å². The number of rotatable bonds is 1. The summed E-state index contributed by atoms with van der Waals surface area (Å²) < 4.78 is 14.6. The minimum absolute atomic E-state index is 0.162. The number of hydrogen-bond donors (Lipinski definition) is 0. The van der Waals surface area contributed by atoms with Gasteiger partial charge in [-0.2, -0.15) is 14.6 Å². The Bertz CT molecular complexity index is 977. The molecule has 0 radical (unpaired) electrons. The lowest BCUT2D eigenvalue weighted by Gasteiger charge is -1.90. The van der Waals surface area contributed by atoms with E-state index in [1.54, 1.807) is 18.2 Å². The molecule has 0 bridgehead atoms. The Labute approximate surface area is 115 Å². The van der Waals surface area contributed by atoms with Crippen LogP contribution in [0.1, 0.15) is 11.3 Å². The van der Waals surface area contributed by atoms with Crippen LogP contribution in [0.15, 0.2) is 33.9 Å². The monoisotopic (exact) mass is 289 g/mol. The first-order valence-corrected chi connectivity index (χ1v) is 6.54. The molecule has 0 atom stereocenters. The highest BCUT2D eigenvalue weighted by atomic mass is 32.1. The van der Waals surface area contributed by atoms with Gasteiger partial charge in [-0.25, -0.2) is 4.39 Å². The number of halogens is 1. The zero-order valence-corrected chi connectivity index (χ0v) is 11.1. The minimum Gasteiger partial charge on any atom is -0.266 e. The fraction of sp³-hybridized carbons (Fsp3) is 0.0769. The van der Waals surface area contributed by atoms with E-state index in [1.807, 2.05) is 0 Å². The van der Waals surface area contributed by atoms with Crippen molar-refractivity contribution >= 4 is 22.4 Å². The van der Waals surface area contributed by atoms with Gasteiger partial charge in [0, 0.05) is 0 Å². The van der Waals surface area contributed by atoms with Crippen molar-refractivity contribution < 1.29 is 4.39 Å². The van der Waals surface area contributed by atoms with Crippen LogP contribution in [0, 0.1) is 12.7 Å². The van der Waals surface area contributed by atoms with Gasteiger partial charge in [0.2, 0.25) is 4.96 Å². The molecule has 0 amide bonds. The van der Waals surface area contributed by atoms with E-state index in [9.17, 15) is 14.0 Å². The summed E-state index contributed by atoms with van der Waals surface area (Å²) in [5.41, 5.74) is -0.101. The lowest BCUT2D eigenvalue weighted by atomic mass is 10.2. The average molecular weight is 289 g/mol. The van der Waals surface area contributed by atoms with Crippen molar-refractivity contribution in [2.24, 2.45) is 0 Å². The van der Waals surface area contributed by atoms with E-state index in [1.165, 1.54) is 19.1 Å². The third kappa shape index (κ3) is 2.12. The van der Waals surface area contributed by atoms with Crippen LogP contribution in [-0.2, 0) is 0 Å². The Morgan fingerprint density at radius 3 is 2.90 bits per heavy atom. The predicted molar refractivity (Wildman–Crippen MR) is 73.3 cm³/mol. The van der Waals surface area contributed by atoms with Crippen molar-refractivity contribution in [2.45, 2.75) is 6.92 Å². The standard InChI is InChI=1S/C13H8FN3O2S/c1-7-11(18)15-13-17(16-7)12(19)10(20-13)6-8-3-2-4-9(14)5-8/h2-6H,1H3/b10-6-. The highest BCUT2D eigenvalue weighted by Crippen LogP contribution is 2.04. The molecule has 20 heavy (non-hydrogen) atoms. The van der Waals surface area contributed by atoms with Crippen molar-refractivity contribution in [2.75, 3.05) is 0 Å². The van der Waals surface area contributed by atoms with Gasteiger partial charge in [-0.3, -0.25) is 9.59 Å². The second-order valence-corrected chi connectivity index (χ2v) is 5.18. The molecule has 2 aromatic heterocycles. The fourth-order valence-electron chi connectivity index (χ4n) is 1.73. The molecule has 0 N–H and O–H groups in total. The molecule has 1 aromatic carbocycles. The molecule has 5 nitrogen and oxygen atoms in total. The maximum Gasteiger partial charge on any atom is 0.295 e.